The molecule has 0 aliphatic rings. The molecular formula is C124H79N5O3. The van der Waals surface area contributed by atoms with Crippen LogP contribution in [0.4, 0.5) is 0 Å². The molecule has 0 N–H and O–H groups in total. The minimum atomic E-state index is 0.642. The van der Waals surface area contributed by atoms with E-state index in [9.17, 15) is 0 Å². The molecule has 618 valence electrons. The lowest BCUT2D eigenvalue weighted by atomic mass is 9.98. The number of aromatic nitrogens is 5. The molecule has 132 heavy (non-hydrogen) atoms. The van der Waals surface area contributed by atoms with Gasteiger partial charge in [-0.05, 0) is 170 Å². The summed E-state index contributed by atoms with van der Waals surface area (Å²) in [6, 6.07) is 169. The Bertz CT molecular complexity index is 8650. The average Bonchev–Trinajstić information content (AvgIpc) is 1.58. The maximum atomic E-state index is 6.42. The van der Waals surface area contributed by atoms with Crippen molar-refractivity contribution in [1.29, 1.82) is 0 Å². The highest BCUT2D eigenvalue weighted by Gasteiger charge is 2.24. The molecule has 0 atom stereocenters. The third kappa shape index (κ3) is 13.5. The largest absolute Gasteiger partial charge is 0.455 e. The van der Waals surface area contributed by atoms with Crippen LogP contribution < -0.4 is 0 Å². The highest BCUT2D eigenvalue weighted by molar-refractivity contribution is 6.17. The van der Waals surface area contributed by atoms with Crippen molar-refractivity contribution in [3.63, 3.8) is 0 Å². The molecule has 0 saturated carbocycles. The molecule has 0 amide bonds. The fourth-order valence-corrected chi connectivity index (χ4v) is 19.8. The number of fused-ring (bicyclic) bond motifs is 18. The van der Waals surface area contributed by atoms with Crippen LogP contribution in [-0.2, 0) is 0 Å². The zero-order chi connectivity index (χ0) is 87.1. The quantitative estimate of drug-likeness (QED) is 0.122. The van der Waals surface area contributed by atoms with Gasteiger partial charge in [-0.3, -0.25) is 4.57 Å². The molecule has 0 radical (unpaired) electrons. The van der Waals surface area contributed by atoms with Crippen LogP contribution in [0.15, 0.2) is 492 Å². The van der Waals surface area contributed by atoms with Crippen molar-refractivity contribution < 1.29 is 13.3 Å². The van der Waals surface area contributed by atoms with E-state index in [0.717, 1.165) is 155 Å². The van der Waals surface area contributed by atoms with Gasteiger partial charge in [-0.25, -0.2) is 9.97 Å². The second kappa shape index (κ2) is 32.3. The fourth-order valence-electron chi connectivity index (χ4n) is 19.8. The Balaban J connectivity index is 0.000000106. The summed E-state index contributed by atoms with van der Waals surface area (Å²) in [5, 5.41) is 14.1. The van der Waals surface area contributed by atoms with Gasteiger partial charge in [-0.1, -0.05) is 370 Å². The highest BCUT2D eigenvalue weighted by Crippen LogP contribution is 2.46. The molecule has 0 aliphatic carbocycles. The van der Waals surface area contributed by atoms with Gasteiger partial charge in [0, 0.05) is 104 Å². The van der Waals surface area contributed by atoms with Gasteiger partial charge < -0.3 is 22.4 Å². The summed E-state index contributed by atoms with van der Waals surface area (Å²) in [4.78, 5) is 10.3. The van der Waals surface area contributed by atoms with Crippen molar-refractivity contribution in [2.75, 3.05) is 0 Å². The van der Waals surface area contributed by atoms with E-state index in [1.807, 2.05) is 72.8 Å². The minimum absolute atomic E-state index is 0.642. The van der Waals surface area contributed by atoms with Crippen molar-refractivity contribution in [3.8, 4) is 118 Å². The molecule has 0 aliphatic heterocycles. The molecule has 0 bridgehead atoms. The molecule has 27 aromatic rings. The van der Waals surface area contributed by atoms with Gasteiger partial charge >= 0.3 is 0 Å². The summed E-state index contributed by atoms with van der Waals surface area (Å²) in [7, 11) is 0. The smallest absolute Gasteiger partial charge is 0.235 e. The predicted molar refractivity (Wildman–Crippen MR) is 549 cm³/mol. The van der Waals surface area contributed by atoms with Crippen molar-refractivity contribution in [3.05, 3.63) is 479 Å². The summed E-state index contributed by atoms with van der Waals surface area (Å²) in [5.74, 6) is 0.642. The van der Waals surface area contributed by atoms with Crippen LogP contribution >= 0.6 is 0 Å². The van der Waals surface area contributed by atoms with Crippen LogP contribution in [0.5, 0.6) is 0 Å². The van der Waals surface area contributed by atoms with Gasteiger partial charge in [0.1, 0.15) is 33.5 Å². The Morgan fingerprint density at radius 3 is 0.788 bits per heavy atom. The number of benzene rings is 20. The van der Waals surface area contributed by atoms with Crippen LogP contribution in [0.25, 0.3) is 249 Å². The second-order valence-electron chi connectivity index (χ2n) is 33.8. The number of hydrogen-bond donors (Lipinski definition) is 0. The first-order chi connectivity index (χ1) is 65.4. The number of furan rings is 3. The normalized spacial score (nSPS) is 11.6. The van der Waals surface area contributed by atoms with Crippen LogP contribution in [0.3, 0.4) is 0 Å². The molecular weight excluding hydrogens is 1610 g/mol. The molecule has 0 saturated heterocycles. The third-order valence-electron chi connectivity index (χ3n) is 26.1. The lowest BCUT2D eigenvalue weighted by Crippen LogP contribution is -2.03. The maximum absolute atomic E-state index is 6.42. The van der Waals surface area contributed by atoms with Gasteiger partial charge in [-0.2, -0.15) is 0 Å². The lowest BCUT2D eigenvalue weighted by Gasteiger charge is -2.14. The second-order valence-corrected chi connectivity index (χ2v) is 33.8. The van der Waals surface area contributed by atoms with E-state index in [0.29, 0.717) is 5.95 Å². The zero-order valence-corrected chi connectivity index (χ0v) is 71.6. The van der Waals surface area contributed by atoms with Crippen LogP contribution in [0, 0.1) is 0 Å². The standard InChI is InChI=1S/2C42H27NO.C40H25N3O/c1-3-12-28(13-4-1)31-24-32(29-14-5-2-6-15-29)26-33(25-31)43-39-20-9-7-16-35(39)38-27-30(22-23-40(38)43)34-18-11-19-37-36-17-8-10-21-41(36)44-42(34)37;1-2-9-28(10-3-1)29-17-19-30(20-18-29)31-21-24-33(25-22-31)43-39-15-6-4-11-35(39)38-27-32(23-26-40(38)43)34-13-8-14-37-36-12-5-7-16-41(36)44-42(34)37;1-3-12-26(13-4-1)34-25-35(27-14-5-2-6-15-27)42-40(41-34)43-36-20-9-7-16-30(36)33-24-28(22-23-37(33)43)29-18-11-19-32-31-17-8-10-21-38(31)44-39(29)32/h2*1-27H;1-25H. The first-order valence-electron chi connectivity index (χ1n) is 44.8. The Kier molecular flexibility index (Phi) is 18.8. The summed E-state index contributed by atoms with van der Waals surface area (Å²) >= 11 is 0. The van der Waals surface area contributed by atoms with Gasteiger partial charge in [0.25, 0.3) is 0 Å². The number of nitrogens with zero attached hydrogens (tertiary/aromatic N) is 5. The highest BCUT2D eigenvalue weighted by atomic mass is 16.3. The molecule has 0 fully saturated rings. The van der Waals surface area contributed by atoms with E-state index in [2.05, 4.69) is 420 Å². The molecule has 8 heteroatoms. The average molecular weight is 1690 g/mol. The summed E-state index contributed by atoms with van der Waals surface area (Å²) in [5.41, 5.74) is 34.9. The molecule has 27 rings (SSSR count). The van der Waals surface area contributed by atoms with Gasteiger partial charge in [0.15, 0.2) is 0 Å². The predicted octanol–water partition coefficient (Wildman–Crippen LogP) is 33.8. The van der Waals surface area contributed by atoms with Crippen LogP contribution in [0.1, 0.15) is 0 Å². The lowest BCUT2D eigenvalue weighted by molar-refractivity contribution is 0.669. The molecule has 0 spiro atoms. The van der Waals surface area contributed by atoms with Crippen molar-refractivity contribution >= 4 is 131 Å². The summed E-state index contributed by atoms with van der Waals surface area (Å²) in [6.45, 7) is 0. The zero-order valence-electron chi connectivity index (χ0n) is 71.6. The maximum Gasteiger partial charge on any atom is 0.235 e. The van der Waals surface area contributed by atoms with E-state index in [1.54, 1.807) is 0 Å². The summed E-state index contributed by atoms with van der Waals surface area (Å²) < 4.78 is 26.2. The van der Waals surface area contributed by atoms with E-state index >= 15 is 0 Å². The van der Waals surface area contributed by atoms with Crippen molar-refractivity contribution in [2.24, 2.45) is 0 Å². The SMILES string of the molecule is c1ccc(-c2cc(-c3ccccc3)cc(-n3c4ccccc4c4cc(-c5cccc6c5oc5ccccc56)ccc43)c2)cc1.c1ccc(-c2cc(-c3ccccc3)nc(-n3c4ccccc4c4cc(-c5cccc6c5oc5ccccc56)ccc43)n2)cc1.c1ccc(-c2ccc(-c3ccc(-n4c5ccccc5c5cc(-c6cccc7c6oc6ccccc67)ccc54)cc3)cc2)cc1. The topological polar surface area (TPSA) is 80.0 Å². The Morgan fingerprint density at radius 2 is 0.417 bits per heavy atom. The Morgan fingerprint density at radius 1 is 0.152 bits per heavy atom. The van der Waals surface area contributed by atoms with E-state index < -0.39 is 0 Å². The minimum Gasteiger partial charge on any atom is -0.455 e. The first kappa shape index (κ1) is 76.7. The van der Waals surface area contributed by atoms with Crippen LogP contribution in [0.2, 0.25) is 0 Å². The summed E-state index contributed by atoms with van der Waals surface area (Å²) in [6.07, 6.45) is 0. The Labute approximate surface area is 760 Å². The monoisotopic (exact) mass is 1690 g/mol. The molecule has 8 nitrogen and oxygen atoms in total. The fraction of sp³-hybridized carbons (Fsp3) is 0. The molecule has 7 heterocycles. The van der Waals surface area contributed by atoms with E-state index in [-0.39, 0.29) is 0 Å². The van der Waals surface area contributed by atoms with Crippen LogP contribution in [-0.4, -0.2) is 23.7 Å². The van der Waals surface area contributed by atoms with Crippen molar-refractivity contribution in [2.45, 2.75) is 0 Å². The number of para-hydroxylation sites is 9. The number of hydrogen-bond acceptors (Lipinski definition) is 5. The van der Waals surface area contributed by atoms with Crippen molar-refractivity contribution in [1.82, 2.24) is 23.7 Å². The van der Waals surface area contributed by atoms with Gasteiger partial charge in [-0.15, -0.1) is 0 Å². The molecule has 0 unspecified atom stereocenters. The third-order valence-corrected chi connectivity index (χ3v) is 26.1. The Hall–Kier alpha value is -17.7. The number of rotatable bonds is 12. The van der Waals surface area contributed by atoms with Gasteiger partial charge in [0.2, 0.25) is 5.95 Å². The van der Waals surface area contributed by atoms with E-state index in [1.165, 1.54) is 88.1 Å². The van der Waals surface area contributed by atoms with Gasteiger partial charge in [0.05, 0.1) is 44.5 Å². The molecule has 7 aromatic heterocycles. The molecule has 20 aromatic carbocycles. The first-order valence-corrected chi connectivity index (χ1v) is 44.8. The van der Waals surface area contributed by atoms with E-state index in [4.69, 9.17) is 23.2 Å².